The zero-order chi connectivity index (χ0) is 13.7. The van der Waals surface area contributed by atoms with Crippen LogP contribution in [0.25, 0.3) is 0 Å². The lowest BCUT2D eigenvalue weighted by Gasteiger charge is -2.12. The summed E-state index contributed by atoms with van der Waals surface area (Å²) in [6, 6.07) is 12.5. The molecule has 0 aromatic heterocycles. The molecule has 0 aliphatic heterocycles. The Kier molecular flexibility index (Phi) is 4.28. The highest BCUT2D eigenvalue weighted by atomic mass is 19.3. The van der Waals surface area contributed by atoms with Crippen LogP contribution in [0.5, 0.6) is 5.75 Å². The van der Waals surface area contributed by atoms with E-state index in [-0.39, 0.29) is 5.82 Å². The van der Waals surface area contributed by atoms with Gasteiger partial charge < -0.3 is 10.1 Å². The van der Waals surface area contributed by atoms with Gasteiger partial charge in [-0.15, -0.1) is 0 Å². The lowest BCUT2D eigenvalue weighted by atomic mass is 10.2. The second-order valence-corrected chi connectivity index (χ2v) is 3.83. The maximum atomic E-state index is 12.8. The van der Waals surface area contributed by atoms with Crippen LogP contribution in [0, 0.1) is 5.82 Å². The highest BCUT2D eigenvalue weighted by Gasteiger charge is 2.07. The Bertz CT molecular complexity index is 528. The minimum Gasteiger partial charge on any atom is -0.485 e. The first kappa shape index (κ1) is 13.3. The lowest BCUT2D eigenvalue weighted by Crippen LogP contribution is -2.08. The zero-order valence-electron chi connectivity index (χ0n) is 9.95. The summed E-state index contributed by atoms with van der Waals surface area (Å²) in [6.07, 6.45) is -2.53. The number of anilines is 2. The van der Waals surface area contributed by atoms with Crippen LogP contribution in [-0.4, -0.2) is 13.0 Å². The molecule has 2 aromatic carbocycles. The van der Waals surface area contributed by atoms with E-state index in [2.05, 4.69) is 5.32 Å². The van der Waals surface area contributed by atoms with Crippen molar-refractivity contribution in [3.63, 3.8) is 0 Å². The molecular formula is C14H12F3NO. The van der Waals surface area contributed by atoms with Crippen molar-refractivity contribution >= 4 is 11.4 Å². The van der Waals surface area contributed by atoms with E-state index in [0.717, 1.165) is 0 Å². The summed E-state index contributed by atoms with van der Waals surface area (Å²) in [4.78, 5) is 0. The zero-order valence-corrected chi connectivity index (χ0v) is 9.95. The van der Waals surface area contributed by atoms with E-state index >= 15 is 0 Å². The fourth-order valence-corrected chi connectivity index (χ4v) is 1.54. The highest BCUT2D eigenvalue weighted by molar-refractivity contribution is 5.66. The van der Waals surface area contributed by atoms with Crippen molar-refractivity contribution in [1.82, 2.24) is 0 Å². The van der Waals surface area contributed by atoms with Gasteiger partial charge in [-0.2, -0.15) is 0 Å². The third-order valence-corrected chi connectivity index (χ3v) is 2.38. The molecule has 100 valence electrons. The van der Waals surface area contributed by atoms with Gasteiger partial charge in [-0.25, -0.2) is 13.2 Å². The van der Waals surface area contributed by atoms with Crippen molar-refractivity contribution in [2.45, 2.75) is 6.43 Å². The Hall–Kier alpha value is -2.17. The SMILES string of the molecule is Fc1ccc(Nc2ccccc2OCC(F)F)cc1. The van der Waals surface area contributed by atoms with E-state index in [9.17, 15) is 13.2 Å². The fourth-order valence-electron chi connectivity index (χ4n) is 1.54. The Morgan fingerprint density at radius 2 is 1.68 bits per heavy atom. The first-order chi connectivity index (χ1) is 9.15. The quantitative estimate of drug-likeness (QED) is 0.876. The first-order valence-electron chi connectivity index (χ1n) is 5.68. The molecule has 0 aliphatic rings. The van der Waals surface area contributed by atoms with E-state index in [1.807, 2.05) is 0 Å². The van der Waals surface area contributed by atoms with Gasteiger partial charge in [-0.05, 0) is 36.4 Å². The Morgan fingerprint density at radius 1 is 1.00 bits per heavy atom. The number of nitrogens with one attached hydrogen (secondary N) is 1. The number of para-hydroxylation sites is 2. The third-order valence-electron chi connectivity index (χ3n) is 2.38. The Morgan fingerprint density at radius 3 is 2.37 bits per heavy atom. The van der Waals surface area contributed by atoms with Gasteiger partial charge in [-0.3, -0.25) is 0 Å². The molecule has 0 saturated heterocycles. The number of ether oxygens (including phenoxy) is 1. The number of rotatable bonds is 5. The molecule has 1 N–H and O–H groups in total. The predicted molar refractivity (Wildman–Crippen MR) is 67.6 cm³/mol. The molecule has 0 fully saturated rings. The highest BCUT2D eigenvalue weighted by Crippen LogP contribution is 2.27. The van der Waals surface area contributed by atoms with Gasteiger partial charge in [-0.1, -0.05) is 12.1 Å². The van der Waals surface area contributed by atoms with Crippen LogP contribution in [0.4, 0.5) is 24.5 Å². The molecule has 0 heterocycles. The predicted octanol–water partition coefficient (Wildman–Crippen LogP) is 4.21. The van der Waals surface area contributed by atoms with Crippen LogP contribution in [0.2, 0.25) is 0 Å². The fraction of sp³-hybridized carbons (Fsp3) is 0.143. The molecule has 19 heavy (non-hydrogen) atoms. The smallest absolute Gasteiger partial charge is 0.272 e. The molecule has 0 aliphatic carbocycles. The normalized spacial score (nSPS) is 10.5. The van der Waals surface area contributed by atoms with Gasteiger partial charge in [0, 0.05) is 5.69 Å². The number of halogens is 3. The summed E-state index contributed by atoms with van der Waals surface area (Å²) >= 11 is 0. The minimum atomic E-state index is -2.53. The van der Waals surface area contributed by atoms with Gasteiger partial charge in [0.15, 0.2) is 0 Å². The van der Waals surface area contributed by atoms with Gasteiger partial charge in [0.1, 0.15) is 18.2 Å². The van der Waals surface area contributed by atoms with Crippen molar-refractivity contribution in [2.75, 3.05) is 11.9 Å². The van der Waals surface area contributed by atoms with E-state index in [1.165, 1.54) is 12.1 Å². The van der Waals surface area contributed by atoms with Crippen molar-refractivity contribution in [3.8, 4) is 5.75 Å². The summed E-state index contributed by atoms with van der Waals surface area (Å²) in [5.41, 5.74) is 1.20. The number of alkyl halides is 2. The van der Waals surface area contributed by atoms with Crippen LogP contribution >= 0.6 is 0 Å². The van der Waals surface area contributed by atoms with Gasteiger partial charge >= 0.3 is 0 Å². The molecule has 0 saturated carbocycles. The molecule has 5 heteroatoms. The number of hydrogen-bond donors (Lipinski definition) is 1. The monoisotopic (exact) mass is 267 g/mol. The minimum absolute atomic E-state index is 0.326. The average molecular weight is 267 g/mol. The first-order valence-corrected chi connectivity index (χ1v) is 5.68. The van der Waals surface area contributed by atoms with Crippen molar-refractivity contribution in [2.24, 2.45) is 0 Å². The average Bonchev–Trinajstić information content (AvgIpc) is 2.40. The van der Waals surface area contributed by atoms with Crippen LogP contribution < -0.4 is 10.1 Å². The molecular weight excluding hydrogens is 255 g/mol. The van der Waals surface area contributed by atoms with Crippen LogP contribution in [0.1, 0.15) is 0 Å². The topological polar surface area (TPSA) is 21.3 Å². The van der Waals surface area contributed by atoms with Gasteiger partial charge in [0.25, 0.3) is 6.43 Å². The summed E-state index contributed by atoms with van der Waals surface area (Å²) in [5.74, 6) is -0.0140. The summed E-state index contributed by atoms with van der Waals surface area (Å²) in [6.45, 7) is -0.665. The molecule has 0 radical (unpaired) electrons. The van der Waals surface area contributed by atoms with Crippen molar-refractivity contribution < 1.29 is 17.9 Å². The van der Waals surface area contributed by atoms with E-state index in [0.29, 0.717) is 17.1 Å². The van der Waals surface area contributed by atoms with Crippen molar-refractivity contribution in [3.05, 3.63) is 54.3 Å². The molecule has 0 amide bonds. The van der Waals surface area contributed by atoms with Gasteiger partial charge in [0.2, 0.25) is 0 Å². The summed E-state index contributed by atoms with van der Waals surface area (Å²) in [7, 11) is 0. The molecule has 0 spiro atoms. The maximum Gasteiger partial charge on any atom is 0.272 e. The van der Waals surface area contributed by atoms with E-state index < -0.39 is 13.0 Å². The molecule has 2 nitrogen and oxygen atoms in total. The van der Waals surface area contributed by atoms with Crippen LogP contribution in [0.15, 0.2) is 48.5 Å². The summed E-state index contributed by atoms with van der Waals surface area (Å²) in [5, 5.41) is 2.99. The maximum absolute atomic E-state index is 12.8. The lowest BCUT2D eigenvalue weighted by molar-refractivity contribution is 0.0823. The Labute approximate surface area is 108 Å². The van der Waals surface area contributed by atoms with Gasteiger partial charge in [0.05, 0.1) is 5.69 Å². The third kappa shape index (κ3) is 3.91. The number of benzene rings is 2. The van der Waals surface area contributed by atoms with E-state index in [4.69, 9.17) is 4.74 Å². The standard InChI is InChI=1S/C14H12F3NO/c15-10-5-7-11(8-6-10)18-12-3-1-2-4-13(12)19-9-14(16)17/h1-8,14,18H,9H2. The molecule has 0 atom stereocenters. The van der Waals surface area contributed by atoms with E-state index in [1.54, 1.807) is 36.4 Å². The summed E-state index contributed by atoms with van der Waals surface area (Å²) < 4.78 is 42.1. The molecule has 2 aromatic rings. The van der Waals surface area contributed by atoms with Crippen LogP contribution in [-0.2, 0) is 0 Å². The largest absolute Gasteiger partial charge is 0.485 e. The Balaban J connectivity index is 2.13. The molecule has 2 rings (SSSR count). The van der Waals surface area contributed by atoms with Crippen LogP contribution in [0.3, 0.4) is 0 Å². The molecule has 0 bridgehead atoms. The van der Waals surface area contributed by atoms with Crippen molar-refractivity contribution in [1.29, 1.82) is 0 Å². The second kappa shape index (κ2) is 6.13. The molecule has 0 unspecified atom stereocenters. The number of hydrogen-bond acceptors (Lipinski definition) is 2. The second-order valence-electron chi connectivity index (χ2n) is 3.83.